The van der Waals surface area contributed by atoms with Crippen LogP contribution in [0.5, 0.6) is 5.75 Å². The molecular formula is C15H24N2O3. The van der Waals surface area contributed by atoms with Crippen molar-refractivity contribution in [1.82, 2.24) is 10.3 Å². The second-order valence-electron chi connectivity index (χ2n) is 5.68. The van der Waals surface area contributed by atoms with Gasteiger partial charge in [0.25, 0.3) is 0 Å². The summed E-state index contributed by atoms with van der Waals surface area (Å²) >= 11 is 0. The van der Waals surface area contributed by atoms with Crippen LogP contribution in [0.25, 0.3) is 0 Å². The third-order valence-electron chi connectivity index (χ3n) is 2.65. The minimum absolute atomic E-state index is 0.00864. The largest absolute Gasteiger partial charge is 0.491 e. The van der Waals surface area contributed by atoms with Crippen molar-refractivity contribution in [3.8, 4) is 5.75 Å². The van der Waals surface area contributed by atoms with E-state index in [9.17, 15) is 4.79 Å². The van der Waals surface area contributed by atoms with Crippen molar-refractivity contribution in [3.05, 3.63) is 23.5 Å². The molecule has 0 atom stereocenters. The minimum atomic E-state index is -0.278. The first-order chi connectivity index (χ1) is 9.31. The highest BCUT2D eigenvalue weighted by atomic mass is 16.5. The highest BCUT2D eigenvalue weighted by Gasteiger charge is 2.12. The highest BCUT2D eigenvalue weighted by Crippen LogP contribution is 2.18. The first-order valence-corrected chi connectivity index (χ1v) is 6.73. The van der Waals surface area contributed by atoms with E-state index in [1.54, 1.807) is 0 Å². The Balaban J connectivity index is 2.67. The number of carbonyl (C=O) groups is 1. The number of aromatic nitrogens is 1. The molecule has 0 aliphatic rings. The van der Waals surface area contributed by atoms with Crippen LogP contribution < -0.4 is 10.1 Å². The van der Waals surface area contributed by atoms with E-state index >= 15 is 0 Å². The molecule has 0 saturated carbocycles. The molecule has 0 saturated heterocycles. The van der Waals surface area contributed by atoms with Gasteiger partial charge < -0.3 is 14.8 Å². The van der Waals surface area contributed by atoms with Crippen molar-refractivity contribution < 1.29 is 14.3 Å². The molecule has 0 aromatic carbocycles. The van der Waals surface area contributed by atoms with Crippen molar-refractivity contribution in [3.63, 3.8) is 0 Å². The van der Waals surface area contributed by atoms with Crippen molar-refractivity contribution in [1.29, 1.82) is 0 Å². The zero-order chi connectivity index (χ0) is 15.2. The lowest BCUT2D eigenvalue weighted by Gasteiger charge is -2.21. The second-order valence-corrected chi connectivity index (χ2v) is 5.68. The fourth-order valence-corrected chi connectivity index (χ4v) is 1.55. The highest BCUT2D eigenvalue weighted by molar-refractivity contribution is 5.69. The van der Waals surface area contributed by atoms with Crippen LogP contribution in [-0.4, -0.2) is 30.2 Å². The predicted octanol–water partition coefficient (Wildman–Crippen LogP) is 2.22. The molecule has 0 radical (unpaired) electrons. The molecule has 0 bridgehead atoms. The van der Waals surface area contributed by atoms with Gasteiger partial charge in [-0.05, 0) is 39.8 Å². The fourth-order valence-electron chi connectivity index (χ4n) is 1.55. The Morgan fingerprint density at radius 3 is 2.65 bits per heavy atom. The molecule has 1 aromatic heterocycles. The molecule has 1 N–H and O–H groups in total. The van der Waals surface area contributed by atoms with E-state index < -0.39 is 0 Å². The van der Waals surface area contributed by atoms with Gasteiger partial charge in [-0.15, -0.1) is 0 Å². The number of nitrogens with one attached hydrogen (secondary N) is 1. The fraction of sp³-hybridized carbons (Fsp3) is 0.600. The lowest BCUT2D eigenvalue weighted by atomic mass is 10.1. The average Bonchev–Trinajstić information content (AvgIpc) is 2.37. The van der Waals surface area contributed by atoms with E-state index in [0.717, 1.165) is 11.4 Å². The number of aryl methyl sites for hydroxylation is 1. The van der Waals surface area contributed by atoms with Crippen molar-refractivity contribution >= 4 is 5.97 Å². The number of rotatable bonds is 6. The smallest absolute Gasteiger partial charge is 0.308 e. The summed E-state index contributed by atoms with van der Waals surface area (Å²) in [4.78, 5) is 15.6. The number of hydrogen-bond donors (Lipinski definition) is 1. The van der Waals surface area contributed by atoms with E-state index in [4.69, 9.17) is 4.74 Å². The average molecular weight is 280 g/mol. The van der Waals surface area contributed by atoms with E-state index in [0.29, 0.717) is 18.9 Å². The van der Waals surface area contributed by atoms with Gasteiger partial charge in [0.2, 0.25) is 0 Å². The van der Waals surface area contributed by atoms with Crippen LogP contribution in [0, 0.1) is 6.92 Å². The van der Waals surface area contributed by atoms with Crippen LogP contribution in [0.2, 0.25) is 0 Å². The van der Waals surface area contributed by atoms with Crippen LogP contribution in [-0.2, 0) is 16.1 Å². The number of methoxy groups -OCH3 is 1. The van der Waals surface area contributed by atoms with Gasteiger partial charge in [-0.25, -0.2) is 0 Å². The van der Waals surface area contributed by atoms with Gasteiger partial charge in [0.15, 0.2) is 0 Å². The number of nitrogens with zero attached hydrogens (tertiary/aromatic N) is 1. The summed E-state index contributed by atoms with van der Waals surface area (Å²) in [6.45, 7) is 9.15. The number of carbonyl (C=O) groups excluding carboxylic acids is 1. The molecule has 20 heavy (non-hydrogen) atoms. The third kappa shape index (κ3) is 6.02. The van der Waals surface area contributed by atoms with Crippen LogP contribution in [0.15, 0.2) is 12.1 Å². The van der Waals surface area contributed by atoms with E-state index in [1.807, 2.05) is 19.1 Å². The standard InChI is InChI=1S/C15H24N2O3/c1-11-6-7-13(20-9-8-14(18)19-5)12(17-11)10-16-15(2,3)4/h6-7,16H,8-10H2,1-5H3. The Kier molecular flexibility index (Phi) is 5.95. The lowest BCUT2D eigenvalue weighted by Crippen LogP contribution is -2.35. The predicted molar refractivity (Wildman–Crippen MR) is 77.7 cm³/mol. The molecule has 0 aliphatic carbocycles. The van der Waals surface area contributed by atoms with Gasteiger partial charge in [-0.2, -0.15) is 0 Å². The number of ether oxygens (including phenoxy) is 2. The molecule has 1 heterocycles. The van der Waals surface area contributed by atoms with Crippen molar-refractivity contribution in [2.24, 2.45) is 0 Å². The summed E-state index contributed by atoms with van der Waals surface area (Å²) in [7, 11) is 1.37. The Labute approximate surface area is 120 Å². The third-order valence-corrected chi connectivity index (χ3v) is 2.65. The maximum Gasteiger partial charge on any atom is 0.308 e. The number of esters is 1. The zero-order valence-electron chi connectivity index (χ0n) is 12.9. The molecule has 0 spiro atoms. The van der Waals surface area contributed by atoms with Crippen LogP contribution in [0.1, 0.15) is 38.6 Å². The Morgan fingerprint density at radius 2 is 2.05 bits per heavy atom. The molecular weight excluding hydrogens is 256 g/mol. The van der Waals surface area contributed by atoms with Gasteiger partial charge in [0, 0.05) is 17.8 Å². The van der Waals surface area contributed by atoms with Gasteiger partial charge in [-0.3, -0.25) is 9.78 Å². The van der Waals surface area contributed by atoms with Gasteiger partial charge in [0.1, 0.15) is 5.75 Å². The van der Waals surface area contributed by atoms with Gasteiger partial charge >= 0.3 is 5.97 Å². The van der Waals surface area contributed by atoms with Crippen LogP contribution in [0.3, 0.4) is 0 Å². The summed E-state index contributed by atoms with van der Waals surface area (Å²) in [5.74, 6) is 0.427. The molecule has 0 amide bonds. The summed E-state index contributed by atoms with van der Waals surface area (Å²) in [5.41, 5.74) is 1.80. The SMILES string of the molecule is COC(=O)CCOc1ccc(C)nc1CNC(C)(C)C. The van der Waals surface area contributed by atoms with Gasteiger partial charge in [0.05, 0.1) is 25.8 Å². The zero-order valence-corrected chi connectivity index (χ0v) is 12.9. The minimum Gasteiger partial charge on any atom is -0.491 e. The molecule has 1 aromatic rings. The first-order valence-electron chi connectivity index (χ1n) is 6.73. The van der Waals surface area contributed by atoms with Crippen molar-refractivity contribution in [2.45, 2.75) is 46.2 Å². The Hall–Kier alpha value is -1.62. The van der Waals surface area contributed by atoms with E-state index in [1.165, 1.54) is 7.11 Å². The molecule has 5 heteroatoms. The molecule has 0 unspecified atom stereocenters. The number of hydrogen-bond acceptors (Lipinski definition) is 5. The topological polar surface area (TPSA) is 60.5 Å². The molecule has 112 valence electrons. The van der Waals surface area contributed by atoms with Crippen LogP contribution >= 0.6 is 0 Å². The summed E-state index contributed by atoms with van der Waals surface area (Å²) in [5, 5.41) is 3.38. The summed E-state index contributed by atoms with van der Waals surface area (Å²) < 4.78 is 10.2. The molecule has 5 nitrogen and oxygen atoms in total. The Morgan fingerprint density at radius 1 is 1.35 bits per heavy atom. The maximum absolute atomic E-state index is 11.1. The first kappa shape index (κ1) is 16.4. The van der Waals surface area contributed by atoms with Crippen LogP contribution in [0.4, 0.5) is 0 Å². The summed E-state index contributed by atoms with van der Waals surface area (Å²) in [6.07, 6.45) is 0.233. The Bertz CT molecular complexity index is 453. The molecule has 1 rings (SSSR count). The van der Waals surface area contributed by atoms with E-state index in [-0.39, 0.29) is 17.9 Å². The van der Waals surface area contributed by atoms with E-state index in [2.05, 4.69) is 35.8 Å². The van der Waals surface area contributed by atoms with Crippen molar-refractivity contribution in [2.75, 3.05) is 13.7 Å². The molecule has 0 aliphatic heterocycles. The summed E-state index contributed by atoms with van der Waals surface area (Å²) in [6, 6.07) is 3.79. The normalized spacial score (nSPS) is 11.2. The molecule has 0 fully saturated rings. The lowest BCUT2D eigenvalue weighted by molar-refractivity contribution is -0.141. The maximum atomic E-state index is 11.1. The quantitative estimate of drug-likeness (QED) is 0.810. The number of pyridine rings is 1. The second kappa shape index (κ2) is 7.24. The van der Waals surface area contributed by atoms with Gasteiger partial charge in [-0.1, -0.05) is 0 Å². The monoisotopic (exact) mass is 280 g/mol.